The van der Waals surface area contributed by atoms with Crippen molar-refractivity contribution in [3.8, 4) is 0 Å². The standard InChI is InChI=1S/C18H27N5O2.2ClH/c24-17(22-15-5-8-19-9-6-15)13-23-10-2-3-14(12-23)11-21-18(25)16-4-1-7-20-16;;/h5-6,8-9,14,16,20H,1-4,7,10-13H2,(H,21,25)(H,19,22,24);2*1H. The zero-order valence-corrected chi connectivity index (χ0v) is 17.0. The SMILES string of the molecule is Cl.Cl.O=C(CN1CCCC(CNC(=O)C2CCCN2)C1)Nc1ccncc1. The summed E-state index contributed by atoms with van der Waals surface area (Å²) in [5, 5.41) is 9.19. The zero-order valence-electron chi connectivity index (χ0n) is 15.4. The quantitative estimate of drug-likeness (QED) is 0.651. The Labute approximate surface area is 172 Å². The van der Waals surface area contributed by atoms with Gasteiger partial charge < -0.3 is 16.0 Å². The topological polar surface area (TPSA) is 86.4 Å². The molecule has 0 radical (unpaired) electrons. The van der Waals surface area contributed by atoms with Crippen LogP contribution in [0.2, 0.25) is 0 Å². The average Bonchev–Trinajstić information content (AvgIpc) is 3.15. The number of rotatable bonds is 6. The Morgan fingerprint density at radius 3 is 2.67 bits per heavy atom. The summed E-state index contributed by atoms with van der Waals surface area (Å²) >= 11 is 0. The molecule has 1 aromatic rings. The van der Waals surface area contributed by atoms with Crippen molar-refractivity contribution in [1.82, 2.24) is 20.5 Å². The minimum atomic E-state index is -0.0224. The average molecular weight is 418 g/mol. The Hall–Kier alpha value is -1.41. The van der Waals surface area contributed by atoms with E-state index in [2.05, 4.69) is 25.8 Å². The molecule has 0 spiro atoms. The van der Waals surface area contributed by atoms with Crippen LogP contribution >= 0.6 is 24.8 Å². The van der Waals surface area contributed by atoms with E-state index in [1.165, 1.54) is 0 Å². The molecule has 1 aromatic heterocycles. The van der Waals surface area contributed by atoms with Crippen molar-refractivity contribution >= 4 is 42.3 Å². The molecule has 2 aliphatic heterocycles. The Morgan fingerprint density at radius 2 is 1.96 bits per heavy atom. The molecular formula is C18H29Cl2N5O2. The summed E-state index contributed by atoms with van der Waals surface area (Å²) < 4.78 is 0. The molecule has 2 amide bonds. The molecule has 9 heteroatoms. The van der Waals surface area contributed by atoms with Crippen LogP contribution in [0.25, 0.3) is 0 Å². The summed E-state index contributed by atoms with van der Waals surface area (Å²) in [5.74, 6) is 0.518. The number of nitrogens with one attached hydrogen (secondary N) is 3. The number of carbonyl (C=O) groups excluding carboxylic acids is 2. The van der Waals surface area contributed by atoms with Gasteiger partial charge in [-0.2, -0.15) is 0 Å². The van der Waals surface area contributed by atoms with Crippen LogP contribution in [0.1, 0.15) is 25.7 Å². The van der Waals surface area contributed by atoms with Gasteiger partial charge in [0.2, 0.25) is 11.8 Å². The van der Waals surface area contributed by atoms with E-state index in [1.807, 2.05) is 0 Å². The van der Waals surface area contributed by atoms with Gasteiger partial charge in [-0.15, -0.1) is 24.8 Å². The highest BCUT2D eigenvalue weighted by atomic mass is 35.5. The van der Waals surface area contributed by atoms with Crippen molar-refractivity contribution in [2.24, 2.45) is 5.92 Å². The van der Waals surface area contributed by atoms with E-state index >= 15 is 0 Å². The summed E-state index contributed by atoms with van der Waals surface area (Å²) in [4.78, 5) is 30.4. The Balaban J connectivity index is 0.00000182. The van der Waals surface area contributed by atoms with Crippen LogP contribution in [0.4, 0.5) is 5.69 Å². The summed E-state index contributed by atoms with van der Waals surface area (Å²) in [6, 6.07) is 3.54. The lowest BCUT2D eigenvalue weighted by atomic mass is 9.98. The summed E-state index contributed by atoms with van der Waals surface area (Å²) in [5.41, 5.74) is 0.768. The van der Waals surface area contributed by atoms with Crippen LogP contribution in [0.3, 0.4) is 0 Å². The molecule has 0 aliphatic carbocycles. The number of amides is 2. The number of hydrogen-bond acceptors (Lipinski definition) is 5. The van der Waals surface area contributed by atoms with Crippen molar-refractivity contribution in [2.75, 3.05) is 38.0 Å². The third-order valence-corrected chi connectivity index (χ3v) is 4.88. The van der Waals surface area contributed by atoms with Crippen LogP contribution in [0.15, 0.2) is 24.5 Å². The molecule has 3 N–H and O–H groups in total. The zero-order chi connectivity index (χ0) is 17.5. The first-order chi connectivity index (χ1) is 12.2. The molecule has 0 saturated carbocycles. The molecule has 7 nitrogen and oxygen atoms in total. The van der Waals surface area contributed by atoms with E-state index < -0.39 is 0 Å². The van der Waals surface area contributed by atoms with Gasteiger partial charge in [0.25, 0.3) is 0 Å². The summed E-state index contributed by atoms with van der Waals surface area (Å²) in [6.45, 7) is 3.79. The van der Waals surface area contributed by atoms with Gasteiger partial charge in [-0.05, 0) is 56.8 Å². The maximum absolute atomic E-state index is 12.2. The van der Waals surface area contributed by atoms with Gasteiger partial charge in [0.1, 0.15) is 0 Å². The smallest absolute Gasteiger partial charge is 0.238 e. The highest BCUT2D eigenvalue weighted by Gasteiger charge is 2.25. The van der Waals surface area contributed by atoms with Crippen LogP contribution in [0, 0.1) is 5.92 Å². The van der Waals surface area contributed by atoms with Gasteiger partial charge in [-0.3, -0.25) is 19.5 Å². The second kappa shape index (κ2) is 12.1. The second-order valence-corrected chi connectivity index (χ2v) is 6.92. The first kappa shape index (κ1) is 23.6. The highest BCUT2D eigenvalue weighted by molar-refractivity contribution is 5.92. The summed E-state index contributed by atoms with van der Waals surface area (Å²) in [6.07, 6.45) is 7.48. The number of carbonyl (C=O) groups is 2. The van der Waals surface area contributed by atoms with Crippen molar-refractivity contribution in [3.05, 3.63) is 24.5 Å². The van der Waals surface area contributed by atoms with Gasteiger partial charge in [-0.1, -0.05) is 0 Å². The number of halogens is 2. The van der Waals surface area contributed by atoms with Gasteiger partial charge in [-0.25, -0.2) is 0 Å². The lowest BCUT2D eigenvalue weighted by Gasteiger charge is -2.32. The molecule has 2 atom stereocenters. The van der Waals surface area contributed by atoms with E-state index in [9.17, 15) is 9.59 Å². The molecule has 0 bridgehead atoms. The normalized spacial score (nSPS) is 22.2. The molecule has 2 unspecified atom stereocenters. The molecule has 3 rings (SSSR count). The minimum absolute atomic E-state index is 0. The molecule has 3 heterocycles. The van der Waals surface area contributed by atoms with Crippen molar-refractivity contribution in [2.45, 2.75) is 31.7 Å². The fourth-order valence-corrected chi connectivity index (χ4v) is 3.58. The predicted molar refractivity (Wildman–Crippen MR) is 111 cm³/mol. The molecule has 152 valence electrons. The summed E-state index contributed by atoms with van der Waals surface area (Å²) in [7, 11) is 0. The number of anilines is 1. The lowest BCUT2D eigenvalue weighted by Crippen LogP contribution is -2.46. The first-order valence-electron chi connectivity index (χ1n) is 9.14. The maximum Gasteiger partial charge on any atom is 0.238 e. The maximum atomic E-state index is 12.2. The first-order valence-corrected chi connectivity index (χ1v) is 9.14. The van der Waals surface area contributed by atoms with Crippen LogP contribution in [-0.4, -0.2) is 60.5 Å². The molecule has 0 aromatic carbocycles. The van der Waals surface area contributed by atoms with E-state index in [4.69, 9.17) is 0 Å². The van der Waals surface area contributed by atoms with Gasteiger partial charge in [0.05, 0.1) is 12.6 Å². The Kier molecular flexibility index (Phi) is 10.6. The molecule has 2 aliphatic rings. The molecule has 2 saturated heterocycles. The van der Waals surface area contributed by atoms with Gasteiger partial charge in [0.15, 0.2) is 0 Å². The Morgan fingerprint density at radius 1 is 1.19 bits per heavy atom. The molecule has 27 heavy (non-hydrogen) atoms. The fraction of sp³-hybridized carbons (Fsp3) is 0.611. The number of piperidine rings is 1. The lowest BCUT2D eigenvalue weighted by molar-refractivity contribution is -0.123. The van der Waals surface area contributed by atoms with Crippen LogP contribution < -0.4 is 16.0 Å². The minimum Gasteiger partial charge on any atom is -0.354 e. The van der Waals surface area contributed by atoms with E-state index in [1.54, 1.807) is 24.5 Å². The van der Waals surface area contributed by atoms with Crippen molar-refractivity contribution in [3.63, 3.8) is 0 Å². The van der Waals surface area contributed by atoms with E-state index in [0.29, 0.717) is 19.0 Å². The van der Waals surface area contributed by atoms with Gasteiger partial charge >= 0.3 is 0 Å². The largest absolute Gasteiger partial charge is 0.354 e. The number of aromatic nitrogens is 1. The van der Waals surface area contributed by atoms with Crippen molar-refractivity contribution in [1.29, 1.82) is 0 Å². The van der Waals surface area contributed by atoms with Crippen molar-refractivity contribution < 1.29 is 9.59 Å². The number of likely N-dealkylation sites (tertiary alicyclic amines) is 1. The molecular weight excluding hydrogens is 389 g/mol. The predicted octanol–water partition coefficient (Wildman–Crippen LogP) is 1.44. The monoisotopic (exact) mass is 417 g/mol. The van der Waals surface area contributed by atoms with E-state index in [-0.39, 0.29) is 42.7 Å². The highest BCUT2D eigenvalue weighted by Crippen LogP contribution is 2.16. The number of hydrogen-bond donors (Lipinski definition) is 3. The fourth-order valence-electron chi connectivity index (χ4n) is 3.58. The number of nitrogens with zero attached hydrogens (tertiary/aromatic N) is 2. The third-order valence-electron chi connectivity index (χ3n) is 4.88. The third kappa shape index (κ3) is 7.62. The second-order valence-electron chi connectivity index (χ2n) is 6.92. The van der Waals surface area contributed by atoms with Crippen LogP contribution in [-0.2, 0) is 9.59 Å². The number of pyridine rings is 1. The Bertz CT molecular complexity index is 584. The van der Waals surface area contributed by atoms with Crippen LogP contribution in [0.5, 0.6) is 0 Å². The van der Waals surface area contributed by atoms with Gasteiger partial charge in [0, 0.05) is 31.2 Å². The molecule has 2 fully saturated rings. The van der Waals surface area contributed by atoms with E-state index in [0.717, 1.165) is 51.0 Å².